The predicted molar refractivity (Wildman–Crippen MR) is 71.8 cm³/mol. The van der Waals surface area contributed by atoms with Crippen molar-refractivity contribution in [2.75, 3.05) is 26.2 Å². The van der Waals surface area contributed by atoms with Gasteiger partial charge in [0.25, 0.3) is 0 Å². The van der Waals surface area contributed by atoms with Gasteiger partial charge in [-0.05, 0) is 25.7 Å². The fraction of sp³-hybridized carbons (Fsp3) is 0.786. The zero-order valence-corrected chi connectivity index (χ0v) is 11.8. The Labute approximate surface area is 119 Å². The first-order valence-electron chi connectivity index (χ1n) is 7.13. The van der Waals surface area contributed by atoms with Crippen LogP contribution >= 0.6 is 0 Å². The van der Waals surface area contributed by atoms with Crippen molar-refractivity contribution < 1.29 is 14.7 Å². The summed E-state index contributed by atoms with van der Waals surface area (Å²) in [5, 5.41) is 18.6. The van der Waals surface area contributed by atoms with Gasteiger partial charge in [-0.2, -0.15) is 5.26 Å². The quantitative estimate of drug-likeness (QED) is 0.803. The Bertz CT molecular complexity index is 427. The molecule has 1 amide bonds. The molecule has 0 saturated carbocycles. The van der Waals surface area contributed by atoms with E-state index in [1.807, 2.05) is 0 Å². The number of carbonyl (C=O) groups excluding carboxylic acids is 1. The molecule has 0 atom stereocenters. The number of rotatable bonds is 2. The van der Waals surface area contributed by atoms with Crippen LogP contribution < -0.4 is 0 Å². The van der Waals surface area contributed by atoms with E-state index in [9.17, 15) is 14.9 Å². The molecule has 6 nitrogen and oxygen atoms in total. The minimum absolute atomic E-state index is 0.0566. The monoisotopic (exact) mass is 279 g/mol. The lowest BCUT2D eigenvalue weighted by Gasteiger charge is -2.46. The van der Waals surface area contributed by atoms with E-state index in [1.165, 1.54) is 0 Å². The van der Waals surface area contributed by atoms with Gasteiger partial charge in [0.1, 0.15) is 5.54 Å². The zero-order valence-electron chi connectivity index (χ0n) is 11.8. The van der Waals surface area contributed by atoms with Crippen molar-refractivity contribution in [3.05, 3.63) is 0 Å². The number of likely N-dealkylation sites (tertiary alicyclic amines) is 2. The third-order valence-electron chi connectivity index (χ3n) is 4.69. The van der Waals surface area contributed by atoms with Gasteiger partial charge in [-0.25, -0.2) is 0 Å². The van der Waals surface area contributed by atoms with Crippen LogP contribution in [0.15, 0.2) is 0 Å². The van der Waals surface area contributed by atoms with Gasteiger partial charge in [-0.15, -0.1) is 0 Å². The molecule has 110 valence electrons. The molecule has 2 rings (SSSR count). The van der Waals surface area contributed by atoms with Gasteiger partial charge in [0.05, 0.1) is 12.0 Å². The van der Waals surface area contributed by atoms with Crippen molar-refractivity contribution in [2.45, 2.75) is 38.1 Å². The summed E-state index contributed by atoms with van der Waals surface area (Å²) in [5.74, 6) is -0.956. The van der Waals surface area contributed by atoms with E-state index in [2.05, 4.69) is 11.0 Å². The Balaban J connectivity index is 1.98. The molecule has 1 N–H and O–H groups in total. The number of nitrogens with zero attached hydrogens (tertiary/aromatic N) is 3. The summed E-state index contributed by atoms with van der Waals surface area (Å²) in [5.41, 5.74) is -0.518. The molecule has 2 aliphatic heterocycles. The second-order valence-corrected chi connectivity index (χ2v) is 5.75. The number of amides is 1. The molecule has 20 heavy (non-hydrogen) atoms. The highest BCUT2D eigenvalue weighted by molar-refractivity contribution is 5.73. The third kappa shape index (κ3) is 2.78. The molecule has 0 aromatic rings. The van der Waals surface area contributed by atoms with Crippen molar-refractivity contribution in [1.82, 2.24) is 9.80 Å². The molecule has 0 spiro atoms. The average Bonchev–Trinajstić information content (AvgIpc) is 2.47. The smallest absolute Gasteiger partial charge is 0.306 e. The van der Waals surface area contributed by atoms with Crippen LogP contribution in [-0.2, 0) is 9.59 Å². The Hall–Kier alpha value is -1.61. The molecule has 2 aliphatic rings. The number of carbonyl (C=O) groups is 2. The Morgan fingerprint density at radius 2 is 1.75 bits per heavy atom. The molecule has 2 saturated heterocycles. The lowest BCUT2D eigenvalue weighted by molar-refractivity contribution is -0.144. The number of hydrogen-bond donors (Lipinski definition) is 1. The van der Waals surface area contributed by atoms with Crippen LogP contribution in [0.25, 0.3) is 0 Å². The highest BCUT2D eigenvalue weighted by Crippen LogP contribution is 2.32. The lowest BCUT2D eigenvalue weighted by atomic mass is 9.84. The number of piperidine rings is 2. The second kappa shape index (κ2) is 5.80. The van der Waals surface area contributed by atoms with E-state index in [0.717, 1.165) is 0 Å². The van der Waals surface area contributed by atoms with Crippen LogP contribution in [0, 0.1) is 17.2 Å². The van der Waals surface area contributed by atoms with Crippen molar-refractivity contribution in [3.8, 4) is 6.07 Å². The van der Waals surface area contributed by atoms with Crippen LogP contribution in [0.3, 0.4) is 0 Å². The maximum Gasteiger partial charge on any atom is 0.306 e. The molecular weight excluding hydrogens is 258 g/mol. The number of hydrogen-bond acceptors (Lipinski definition) is 4. The number of nitriles is 1. The molecule has 0 aliphatic carbocycles. The van der Waals surface area contributed by atoms with E-state index < -0.39 is 11.5 Å². The van der Waals surface area contributed by atoms with Crippen molar-refractivity contribution in [3.63, 3.8) is 0 Å². The Morgan fingerprint density at radius 1 is 1.20 bits per heavy atom. The van der Waals surface area contributed by atoms with E-state index in [-0.39, 0.29) is 11.8 Å². The number of aliphatic carboxylic acids is 1. The van der Waals surface area contributed by atoms with E-state index >= 15 is 0 Å². The van der Waals surface area contributed by atoms with Crippen LogP contribution in [0.4, 0.5) is 0 Å². The summed E-state index contributed by atoms with van der Waals surface area (Å²) in [6, 6.07) is 2.43. The fourth-order valence-electron chi connectivity index (χ4n) is 3.24. The first-order chi connectivity index (χ1) is 9.48. The average molecular weight is 279 g/mol. The largest absolute Gasteiger partial charge is 0.481 e. The second-order valence-electron chi connectivity index (χ2n) is 5.75. The SMILES string of the molecule is CC(=O)N1CCC(C#N)(N2CCC(C(=O)O)CC2)CC1. The minimum atomic E-state index is -0.734. The summed E-state index contributed by atoms with van der Waals surface area (Å²) in [6.45, 7) is 4.09. The van der Waals surface area contributed by atoms with Crippen LogP contribution in [0.5, 0.6) is 0 Å². The molecule has 6 heteroatoms. The molecule has 0 aromatic heterocycles. The summed E-state index contributed by atoms with van der Waals surface area (Å²) in [4.78, 5) is 26.2. The van der Waals surface area contributed by atoms with Gasteiger partial charge in [-0.3, -0.25) is 14.5 Å². The van der Waals surface area contributed by atoms with Gasteiger partial charge in [0.15, 0.2) is 0 Å². The highest BCUT2D eigenvalue weighted by atomic mass is 16.4. The normalized spacial score (nSPS) is 24.1. The van der Waals surface area contributed by atoms with Crippen molar-refractivity contribution >= 4 is 11.9 Å². The van der Waals surface area contributed by atoms with Gasteiger partial charge >= 0.3 is 5.97 Å². The Morgan fingerprint density at radius 3 is 2.15 bits per heavy atom. The molecule has 2 heterocycles. The maximum atomic E-state index is 11.4. The van der Waals surface area contributed by atoms with Crippen LogP contribution in [0.1, 0.15) is 32.6 Å². The van der Waals surface area contributed by atoms with E-state index in [4.69, 9.17) is 5.11 Å². The topological polar surface area (TPSA) is 84.6 Å². The summed E-state index contributed by atoms with van der Waals surface area (Å²) < 4.78 is 0. The van der Waals surface area contributed by atoms with Gasteiger partial charge in [0, 0.05) is 33.1 Å². The fourth-order valence-corrected chi connectivity index (χ4v) is 3.24. The third-order valence-corrected chi connectivity index (χ3v) is 4.69. The summed E-state index contributed by atoms with van der Waals surface area (Å²) in [7, 11) is 0. The lowest BCUT2D eigenvalue weighted by Crippen LogP contribution is -2.57. The minimum Gasteiger partial charge on any atom is -0.481 e. The Kier molecular flexibility index (Phi) is 4.29. The first kappa shape index (κ1) is 14.8. The molecule has 2 fully saturated rings. The molecule has 0 bridgehead atoms. The molecule has 0 radical (unpaired) electrons. The standard InChI is InChI=1S/C14H21N3O3/c1-11(18)16-8-4-14(10-15,5-9-16)17-6-2-12(3-7-17)13(19)20/h12H,2-9H2,1H3,(H,19,20). The van der Waals surface area contributed by atoms with Crippen molar-refractivity contribution in [2.24, 2.45) is 5.92 Å². The van der Waals surface area contributed by atoms with Crippen molar-refractivity contribution in [1.29, 1.82) is 5.26 Å². The van der Waals surface area contributed by atoms with E-state index in [1.54, 1.807) is 11.8 Å². The maximum absolute atomic E-state index is 11.4. The molecule has 0 aromatic carbocycles. The summed E-state index contributed by atoms with van der Waals surface area (Å²) >= 11 is 0. The van der Waals surface area contributed by atoms with Gasteiger partial charge in [-0.1, -0.05) is 0 Å². The number of carboxylic acids is 1. The van der Waals surface area contributed by atoms with Crippen LogP contribution in [-0.4, -0.2) is 58.5 Å². The van der Waals surface area contributed by atoms with E-state index in [0.29, 0.717) is 51.9 Å². The zero-order chi connectivity index (χ0) is 14.8. The first-order valence-corrected chi connectivity index (χ1v) is 7.13. The summed E-state index contributed by atoms with van der Waals surface area (Å²) in [6.07, 6.45) is 2.52. The molecule has 0 unspecified atom stereocenters. The molecular formula is C14H21N3O3. The van der Waals surface area contributed by atoms with Gasteiger partial charge < -0.3 is 10.0 Å². The van der Waals surface area contributed by atoms with Gasteiger partial charge in [0.2, 0.25) is 5.91 Å². The number of carboxylic acid groups (broad SMARTS) is 1. The predicted octanol–water partition coefficient (Wildman–Crippen LogP) is 0.688. The highest BCUT2D eigenvalue weighted by Gasteiger charge is 2.42. The van der Waals surface area contributed by atoms with Crippen LogP contribution in [0.2, 0.25) is 0 Å².